The van der Waals surface area contributed by atoms with Gasteiger partial charge >= 0.3 is 0 Å². The van der Waals surface area contributed by atoms with Gasteiger partial charge in [-0.25, -0.2) is 4.98 Å². The number of rotatable bonds is 3. The number of nitrogens with one attached hydrogen (secondary N) is 1. The van der Waals surface area contributed by atoms with Crippen LogP contribution in [0.4, 0.5) is 10.8 Å². The number of aromatic nitrogens is 1. The first-order valence-electron chi connectivity index (χ1n) is 5.68. The number of hydrogen-bond acceptors (Lipinski definition) is 5. The molecule has 0 aliphatic heterocycles. The van der Waals surface area contributed by atoms with Crippen molar-refractivity contribution in [2.45, 2.75) is 13.8 Å². The second-order valence-electron chi connectivity index (χ2n) is 4.16. The van der Waals surface area contributed by atoms with Crippen molar-refractivity contribution < 1.29 is 9.72 Å². The number of benzene rings is 1. The quantitative estimate of drug-likeness (QED) is 0.666. The summed E-state index contributed by atoms with van der Waals surface area (Å²) in [5, 5.41) is 13.6. The Morgan fingerprint density at radius 1 is 1.38 bits per heavy atom. The maximum atomic E-state index is 12.1. The molecule has 0 saturated heterocycles. The molecule has 110 valence electrons. The predicted octanol–water partition coefficient (Wildman–Crippen LogP) is 4.23. The van der Waals surface area contributed by atoms with Crippen LogP contribution in [0.2, 0.25) is 10.0 Å². The molecule has 0 unspecified atom stereocenters. The summed E-state index contributed by atoms with van der Waals surface area (Å²) in [6, 6.07) is 2.36. The van der Waals surface area contributed by atoms with Gasteiger partial charge in [-0.2, -0.15) is 0 Å². The Labute approximate surface area is 133 Å². The van der Waals surface area contributed by atoms with Gasteiger partial charge in [-0.1, -0.05) is 23.2 Å². The summed E-state index contributed by atoms with van der Waals surface area (Å²) in [6.07, 6.45) is 0. The molecule has 9 heteroatoms. The van der Waals surface area contributed by atoms with E-state index in [4.69, 9.17) is 23.2 Å². The summed E-state index contributed by atoms with van der Waals surface area (Å²) in [5.41, 5.74) is 0.442. The normalized spacial score (nSPS) is 10.5. The number of hydrogen-bond donors (Lipinski definition) is 1. The van der Waals surface area contributed by atoms with Gasteiger partial charge in [-0.3, -0.25) is 20.2 Å². The molecule has 6 nitrogen and oxygen atoms in total. The predicted molar refractivity (Wildman–Crippen MR) is 82.7 cm³/mol. The van der Waals surface area contributed by atoms with E-state index < -0.39 is 16.5 Å². The van der Waals surface area contributed by atoms with E-state index in [2.05, 4.69) is 10.3 Å². The number of amides is 1. The van der Waals surface area contributed by atoms with Gasteiger partial charge in [0.1, 0.15) is 5.02 Å². The fourth-order valence-corrected chi connectivity index (χ4v) is 2.74. The van der Waals surface area contributed by atoms with Gasteiger partial charge in [0, 0.05) is 16.5 Å². The highest BCUT2D eigenvalue weighted by Gasteiger charge is 2.20. The molecule has 2 aromatic rings. The van der Waals surface area contributed by atoms with Crippen LogP contribution in [0.15, 0.2) is 12.1 Å². The minimum Gasteiger partial charge on any atom is -0.298 e. The number of aryl methyl sites for hydroxylation is 2. The van der Waals surface area contributed by atoms with Crippen molar-refractivity contribution in [3.8, 4) is 0 Å². The first-order valence-corrected chi connectivity index (χ1v) is 7.25. The highest BCUT2D eigenvalue weighted by molar-refractivity contribution is 7.15. The largest absolute Gasteiger partial charge is 0.298 e. The molecule has 0 spiro atoms. The van der Waals surface area contributed by atoms with E-state index in [9.17, 15) is 14.9 Å². The zero-order valence-corrected chi connectivity index (χ0v) is 13.3. The van der Waals surface area contributed by atoms with E-state index in [1.165, 1.54) is 17.4 Å². The summed E-state index contributed by atoms with van der Waals surface area (Å²) < 4.78 is 0. The first-order chi connectivity index (χ1) is 9.79. The van der Waals surface area contributed by atoms with E-state index in [0.717, 1.165) is 16.6 Å². The summed E-state index contributed by atoms with van der Waals surface area (Å²) in [6.45, 7) is 3.71. The number of nitro groups is 1. The van der Waals surface area contributed by atoms with Crippen molar-refractivity contribution in [1.82, 2.24) is 4.98 Å². The van der Waals surface area contributed by atoms with Crippen LogP contribution in [-0.4, -0.2) is 15.8 Å². The summed E-state index contributed by atoms with van der Waals surface area (Å²) >= 11 is 12.9. The number of carbonyl (C=O) groups excluding carboxylic acids is 1. The van der Waals surface area contributed by atoms with Crippen LogP contribution >= 0.6 is 34.5 Å². The van der Waals surface area contributed by atoms with E-state index >= 15 is 0 Å². The molecule has 1 N–H and O–H groups in total. The first kappa shape index (κ1) is 15.7. The van der Waals surface area contributed by atoms with Crippen LogP contribution in [0, 0.1) is 24.0 Å². The monoisotopic (exact) mass is 345 g/mol. The van der Waals surface area contributed by atoms with Crippen molar-refractivity contribution in [2.75, 3.05) is 5.32 Å². The van der Waals surface area contributed by atoms with Gasteiger partial charge in [0.05, 0.1) is 15.6 Å². The topological polar surface area (TPSA) is 85.1 Å². The molecule has 0 fully saturated rings. The second-order valence-corrected chi connectivity index (χ2v) is 6.15. The highest BCUT2D eigenvalue weighted by Crippen LogP contribution is 2.33. The smallest absolute Gasteiger partial charge is 0.290 e. The molecule has 0 radical (unpaired) electrons. The third-order valence-electron chi connectivity index (χ3n) is 2.72. The average Bonchev–Trinajstić information content (AvgIpc) is 2.70. The zero-order chi connectivity index (χ0) is 15.7. The van der Waals surface area contributed by atoms with Crippen LogP contribution in [0.25, 0.3) is 0 Å². The Balaban J connectivity index is 2.33. The van der Waals surface area contributed by atoms with E-state index in [1.807, 2.05) is 13.8 Å². The van der Waals surface area contributed by atoms with Crippen molar-refractivity contribution >= 4 is 51.3 Å². The molecule has 0 aliphatic carbocycles. The van der Waals surface area contributed by atoms with Gasteiger partial charge in [0.15, 0.2) is 5.13 Å². The Morgan fingerprint density at radius 2 is 2.05 bits per heavy atom. The lowest BCUT2D eigenvalue weighted by Gasteiger charge is -2.04. The second kappa shape index (κ2) is 5.97. The van der Waals surface area contributed by atoms with Crippen molar-refractivity contribution in [3.63, 3.8) is 0 Å². The van der Waals surface area contributed by atoms with Crippen LogP contribution in [0.3, 0.4) is 0 Å². The molecular formula is C12H9Cl2N3O3S. The lowest BCUT2D eigenvalue weighted by molar-refractivity contribution is -0.384. The minimum absolute atomic E-state index is 0.0432. The number of carbonyl (C=O) groups is 1. The summed E-state index contributed by atoms with van der Waals surface area (Å²) in [5.74, 6) is -0.537. The molecule has 1 aromatic carbocycles. The molecule has 2 rings (SSSR count). The molecule has 0 saturated carbocycles. The van der Waals surface area contributed by atoms with Crippen LogP contribution in [0.1, 0.15) is 20.9 Å². The molecule has 0 aliphatic rings. The SMILES string of the molecule is Cc1nc(NC(=O)c2cc(Cl)c(Cl)c([N+](=O)[O-])c2)sc1C. The number of nitrogens with zero attached hydrogens (tertiary/aromatic N) is 2. The van der Waals surface area contributed by atoms with Gasteiger partial charge in [-0.05, 0) is 19.9 Å². The van der Waals surface area contributed by atoms with Crippen molar-refractivity contribution in [3.05, 3.63) is 48.4 Å². The maximum Gasteiger partial charge on any atom is 0.290 e. The Bertz CT molecular complexity index is 726. The van der Waals surface area contributed by atoms with E-state index in [1.54, 1.807) is 0 Å². The number of halogens is 2. The lowest BCUT2D eigenvalue weighted by Crippen LogP contribution is -2.12. The minimum atomic E-state index is -0.692. The highest BCUT2D eigenvalue weighted by atomic mass is 35.5. The molecule has 1 aromatic heterocycles. The molecule has 0 atom stereocenters. The summed E-state index contributed by atoms with van der Waals surface area (Å²) in [4.78, 5) is 27.4. The Kier molecular flexibility index (Phi) is 4.46. The van der Waals surface area contributed by atoms with Crippen LogP contribution < -0.4 is 5.32 Å². The third-order valence-corrected chi connectivity index (χ3v) is 4.50. The van der Waals surface area contributed by atoms with E-state index in [0.29, 0.717) is 5.13 Å². The number of nitro benzene ring substituents is 1. The fraction of sp³-hybridized carbons (Fsp3) is 0.167. The standard InChI is InChI=1S/C12H9Cl2N3O3S/c1-5-6(2)21-12(15-5)16-11(18)7-3-8(13)10(14)9(4-7)17(19)20/h3-4H,1-2H3,(H,15,16,18). The van der Waals surface area contributed by atoms with Gasteiger partial charge in [0.2, 0.25) is 0 Å². The Hall–Kier alpha value is -1.70. The third kappa shape index (κ3) is 3.31. The average molecular weight is 346 g/mol. The molecule has 1 amide bonds. The zero-order valence-electron chi connectivity index (χ0n) is 10.9. The van der Waals surface area contributed by atoms with Crippen molar-refractivity contribution in [2.24, 2.45) is 0 Å². The van der Waals surface area contributed by atoms with E-state index in [-0.39, 0.29) is 15.6 Å². The number of thiazole rings is 1. The summed E-state index contributed by atoms with van der Waals surface area (Å²) in [7, 11) is 0. The van der Waals surface area contributed by atoms with Crippen LogP contribution in [-0.2, 0) is 0 Å². The molecule has 21 heavy (non-hydrogen) atoms. The van der Waals surface area contributed by atoms with Crippen LogP contribution in [0.5, 0.6) is 0 Å². The van der Waals surface area contributed by atoms with Crippen molar-refractivity contribution in [1.29, 1.82) is 0 Å². The maximum absolute atomic E-state index is 12.1. The van der Waals surface area contributed by atoms with Gasteiger partial charge in [0.25, 0.3) is 11.6 Å². The fourth-order valence-electron chi connectivity index (χ4n) is 1.53. The molecular weight excluding hydrogens is 337 g/mol. The molecule has 0 bridgehead atoms. The number of anilines is 1. The molecule has 1 heterocycles. The Morgan fingerprint density at radius 3 is 2.57 bits per heavy atom. The van der Waals surface area contributed by atoms with Gasteiger partial charge < -0.3 is 0 Å². The lowest BCUT2D eigenvalue weighted by atomic mass is 10.2. The van der Waals surface area contributed by atoms with Gasteiger partial charge in [-0.15, -0.1) is 11.3 Å².